The van der Waals surface area contributed by atoms with Crippen LogP contribution in [0.5, 0.6) is 0 Å². The van der Waals surface area contributed by atoms with Crippen LogP contribution in [0, 0.1) is 6.92 Å². The molecular formula is C22H24N4O3S. The molecule has 1 aromatic heterocycles. The zero-order valence-corrected chi connectivity index (χ0v) is 17.6. The Bertz CT molecular complexity index is 1120. The third kappa shape index (κ3) is 4.01. The van der Waals surface area contributed by atoms with Gasteiger partial charge in [0.1, 0.15) is 5.69 Å². The molecule has 1 fully saturated rings. The van der Waals surface area contributed by atoms with Gasteiger partial charge in [-0.25, -0.2) is 13.4 Å². The molecule has 0 spiro atoms. The zero-order chi connectivity index (χ0) is 21.1. The molecule has 0 radical (unpaired) electrons. The fourth-order valence-electron chi connectivity index (χ4n) is 3.61. The molecule has 3 aromatic rings. The molecule has 0 bridgehead atoms. The molecule has 8 heteroatoms. The van der Waals surface area contributed by atoms with Crippen LogP contribution in [-0.4, -0.2) is 59.3 Å². The summed E-state index contributed by atoms with van der Waals surface area (Å²) >= 11 is 0. The van der Waals surface area contributed by atoms with Crippen molar-refractivity contribution in [3.8, 4) is 5.69 Å². The van der Waals surface area contributed by atoms with Gasteiger partial charge in [-0.2, -0.15) is 4.31 Å². The zero-order valence-electron chi connectivity index (χ0n) is 16.8. The number of sulfonamides is 1. The topological polar surface area (TPSA) is 75.5 Å². The van der Waals surface area contributed by atoms with Crippen LogP contribution < -0.4 is 0 Å². The largest absolute Gasteiger partial charge is 0.336 e. The van der Waals surface area contributed by atoms with Gasteiger partial charge in [0.2, 0.25) is 10.0 Å². The van der Waals surface area contributed by atoms with E-state index in [0.717, 1.165) is 11.3 Å². The number of para-hydroxylation sites is 1. The summed E-state index contributed by atoms with van der Waals surface area (Å²) in [5.41, 5.74) is 2.34. The Balaban J connectivity index is 1.51. The summed E-state index contributed by atoms with van der Waals surface area (Å²) in [6, 6.07) is 16.4. The summed E-state index contributed by atoms with van der Waals surface area (Å²) in [7, 11) is -3.58. The van der Waals surface area contributed by atoms with E-state index in [0.29, 0.717) is 31.7 Å². The Morgan fingerprint density at radius 3 is 2.40 bits per heavy atom. The first-order chi connectivity index (χ1) is 14.5. The number of nitrogens with zero attached hydrogens (tertiary/aromatic N) is 4. The highest BCUT2D eigenvalue weighted by Crippen LogP contribution is 2.20. The highest BCUT2D eigenvalue weighted by Gasteiger charge is 2.29. The van der Waals surface area contributed by atoms with Crippen LogP contribution in [0.4, 0.5) is 0 Å². The van der Waals surface area contributed by atoms with Gasteiger partial charge in [0.15, 0.2) is 0 Å². The molecule has 0 unspecified atom stereocenters. The highest BCUT2D eigenvalue weighted by atomic mass is 32.2. The van der Waals surface area contributed by atoms with Gasteiger partial charge in [0, 0.05) is 31.9 Å². The van der Waals surface area contributed by atoms with E-state index in [1.807, 2.05) is 37.3 Å². The summed E-state index contributed by atoms with van der Waals surface area (Å²) in [5.74, 6) is -0.147. The second kappa shape index (κ2) is 8.41. The van der Waals surface area contributed by atoms with Gasteiger partial charge in [0.05, 0.1) is 17.4 Å². The van der Waals surface area contributed by atoms with Crippen molar-refractivity contribution in [1.29, 1.82) is 0 Å². The van der Waals surface area contributed by atoms with Crippen molar-refractivity contribution in [2.75, 3.05) is 26.2 Å². The number of carbonyl (C=O) groups excluding carboxylic acids is 1. The number of hydrogen-bond acceptors (Lipinski definition) is 4. The fourth-order valence-corrected chi connectivity index (χ4v) is 5.08. The van der Waals surface area contributed by atoms with Crippen LogP contribution in [-0.2, 0) is 10.0 Å². The number of aromatic nitrogens is 2. The van der Waals surface area contributed by atoms with E-state index >= 15 is 0 Å². The van der Waals surface area contributed by atoms with Crippen LogP contribution in [0.3, 0.4) is 0 Å². The van der Waals surface area contributed by atoms with Crippen molar-refractivity contribution in [1.82, 2.24) is 18.8 Å². The number of carbonyl (C=O) groups is 1. The predicted molar refractivity (Wildman–Crippen MR) is 114 cm³/mol. The minimum Gasteiger partial charge on any atom is -0.336 e. The Kier molecular flexibility index (Phi) is 5.69. The SMILES string of the molecule is Cc1ccc(S(=O)(=O)N2CCCN(C(=O)c3cncn3-c3ccccc3)CC2)cc1. The molecule has 1 amide bonds. The lowest BCUT2D eigenvalue weighted by Crippen LogP contribution is -2.37. The van der Waals surface area contributed by atoms with E-state index in [1.165, 1.54) is 4.31 Å². The lowest BCUT2D eigenvalue weighted by Gasteiger charge is -2.22. The maximum atomic E-state index is 13.2. The Morgan fingerprint density at radius 2 is 1.67 bits per heavy atom. The molecule has 1 aliphatic heterocycles. The van der Waals surface area contributed by atoms with E-state index in [1.54, 1.807) is 46.3 Å². The molecule has 1 saturated heterocycles. The molecule has 156 valence electrons. The summed E-state index contributed by atoms with van der Waals surface area (Å²) in [6.45, 7) is 3.41. The van der Waals surface area contributed by atoms with Crippen molar-refractivity contribution in [3.63, 3.8) is 0 Å². The van der Waals surface area contributed by atoms with Crippen molar-refractivity contribution >= 4 is 15.9 Å². The van der Waals surface area contributed by atoms with Gasteiger partial charge in [-0.05, 0) is 37.6 Å². The fraction of sp³-hybridized carbons (Fsp3) is 0.273. The van der Waals surface area contributed by atoms with Crippen molar-refractivity contribution < 1.29 is 13.2 Å². The number of imidazole rings is 1. The monoisotopic (exact) mass is 424 g/mol. The molecule has 0 aliphatic carbocycles. The molecule has 0 atom stereocenters. The van der Waals surface area contributed by atoms with Gasteiger partial charge < -0.3 is 4.90 Å². The number of rotatable bonds is 4. The first-order valence-corrected chi connectivity index (χ1v) is 11.3. The third-order valence-corrected chi connectivity index (χ3v) is 7.21. The molecule has 7 nitrogen and oxygen atoms in total. The minimum atomic E-state index is -3.58. The lowest BCUT2D eigenvalue weighted by molar-refractivity contribution is 0.0756. The summed E-state index contributed by atoms with van der Waals surface area (Å²) in [6.07, 6.45) is 3.76. The van der Waals surface area contributed by atoms with Crippen LogP contribution in [0.2, 0.25) is 0 Å². The van der Waals surface area contributed by atoms with Gasteiger partial charge in [-0.15, -0.1) is 0 Å². The number of benzene rings is 2. The first kappa shape index (κ1) is 20.3. The maximum absolute atomic E-state index is 13.2. The number of amides is 1. The Labute approximate surface area is 176 Å². The molecule has 2 aromatic carbocycles. The van der Waals surface area contributed by atoms with E-state index in [-0.39, 0.29) is 17.3 Å². The Hall–Kier alpha value is -2.97. The number of aryl methyl sites for hydroxylation is 1. The second-order valence-corrected chi connectivity index (χ2v) is 9.29. The van der Waals surface area contributed by atoms with Crippen molar-refractivity contribution in [2.24, 2.45) is 0 Å². The minimum absolute atomic E-state index is 0.147. The standard InChI is InChI=1S/C22H24N4O3S/c1-18-8-10-20(11-9-18)30(28,29)25-13-5-12-24(14-15-25)22(27)21-16-23-17-26(21)19-6-3-2-4-7-19/h2-4,6-11,16-17H,5,12-15H2,1H3. The van der Waals surface area contributed by atoms with Gasteiger partial charge in [0.25, 0.3) is 5.91 Å². The normalized spacial score (nSPS) is 15.7. The van der Waals surface area contributed by atoms with Gasteiger partial charge in [-0.3, -0.25) is 9.36 Å². The number of hydrogen-bond donors (Lipinski definition) is 0. The highest BCUT2D eigenvalue weighted by molar-refractivity contribution is 7.89. The molecule has 4 rings (SSSR count). The maximum Gasteiger partial charge on any atom is 0.272 e. The summed E-state index contributed by atoms with van der Waals surface area (Å²) in [4.78, 5) is 19.3. The lowest BCUT2D eigenvalue weighted by atomic mass is 10.2. The van der Waals surface area contributed by atoms with E-state index in [9.17, 15) is 13.2 Å². The van der Waals surface area contributed by atoms with Gasteiger partial charge >= 0.3 is 0 Å². The smallest absolute Gasteiger partial charge is 0.272 e. The van der Waals surface area contributed by atoms with Crippen molar-refractivity contribution in [3.05, 3.63) is 78.4 Å². The van der Waals surface area contributed by atoms with Crippen LogP contribution >= 0.6 is 0 Å². The quantitative estimate of drug-likeness (QED) is 0.645. The average Bonchev–Trinajstić information content (AvgIpc) is 3.11. The molecule has 30 heavy (non-hydrogen) atoms. The molecule has 1 aliphatic rings. The average molecular weight is 425 g/mol. The van der Waals surface area contributed by atoms with Crippen LogP contribution in [0.25, 0.3) is 5.69 Å². The second-order valence-electron chi connectivity index (χ2n) is 7.35. The molecule has 2 heterocycles. The van der Waals surface area contributed by atoms with E-state index in [4.69, 9.17) is 0 Å². The van der Waals surface area contributed by atoms with Gasteiger partial charge in [-0.1, -0.05) is 35.9 Å². The summed E-state index contributed by atoms with van der Waals surface area (Å²) < 4.78 is 29.2. The van der Waals surface area contributed by atoms with Crippen LogP contribution in [0.15, 0.2) is 72.0 Å². The van der Waals surface area contributed by atoms with E-state index < -0.39 is 10.0 Å². The molecular weight excluding hydrogens is 400 g/mol. The van der Waals surface area contributed by atoms with Crippen molar-refractivity contribution in [2.45, 2.75) is 18.2 Å². The van der Waals surface area contributed by atoms with Crippen LogP contribution in [0.1, 0.15) is 22.5 Å². The molecule has 0 N–H and O–H groups in total. The first-order valence-electron chi connectivity index (χ1n) is 9.91. The molecule has 0 saturated carbocycles. The van der Waals surface area contributed by atoms with E-state index in [2.05, 4.69) is 4.98 Å². The third-order valence-electron chi connectivity index (χ3n) is 5.29. The predicted octanol–water partition coefficient (Wildman–Crippen LogP) is 2.72. The summed E-state index contributed by atoms with van der Waals surface area (Å²) in [5, 5.41) is 0. The Morgan fingerprint density at radius 1 is 0.933 bits per heavy atom.